The molecular weight excluding hydrogens is 426 g/mol. The second-order valence-corrected chi connectivity index (χ2v) is 10.4. The van der Waals surface area contributed by atoms with E-state index in [9.17, 15) is 0 Å². The van der Waals surface area contributed by atoms with Crippen molar-refractivity contribution in [1.29, 1.82) is 0 Å². The van der Waals surface area contributed by atoms with Gasteiger partial charge in [-0.2, -0.15) is 10.2 Å². The molecule has 2 aliphatic carbocycles. The van der Waals surface area contributed by atoms with Gasteiger partial charge in [-0.1, -0.05) is 42.8 Å². The monoisotopic (exact) mass is 453 g/mol. The van der Waals surface area contributed by atoms with Crippen LogP contribution in [0.3, 0.4) is 0 Å². The maximum atomic E-state index is 5.98. The number of ether oxygens (including phenoxy) is 1. The predicted octanol–water partition coefficient (Wildman–Crippen LogP) is 6.59. The van der Waals surface area contributed by atoms with Crippen molar-refractivity contribution in [1.82, 2.24) is 15.2 Å². The zero-order valence-electron chi connectivity index (χ0n) is 18.8. The molecule has 3 unspecified atom stereocenters. The Morgan fingerprint density at radius 2 is 1.73 bits per heavy atom. The number of nitrogens with zero attached hydrogens (tertiary/aromatic N) is 3. The second-order valence-electron chi connectivity index (χ2n) is 9.43. The summed E-state index contributed by atoms with van der Waals surface area (Å²) in [6.07, 6.45) is 7.09. The highest BCUT2D eigenvalue weighted by Crippen LogP contribution is 2.60. The van der Waals surface area contributed by atoms with Gasteiger partial charge in [0, 0.05) is 22.6 Å². The Labute approximate surface area is 198 Å². The summed E-state index contributed by atoms with van der Waals surface area (Å²) in [4.78, 5) is 4.31. The van der Waals surface area contributed by atoms with E-state index in [1.54, 1.807) is 11.3 Å². The maximum absolute atomic E-state index is 5.98. The minimum Gasteiger partial charge on any atom is -0.486 e. The van der Waals surface area contributed by atoms with Crippen molar-refractivity contribution in [3.05, 3.63) is 94.1 Å². The van der Waals surface area contributed by atoms with Crippen LogP contribution in [0, 0.1) is 18.8 Å². The standard InChI is InChI=1S/C28H27N3OS/c1-19-2-13-26(31-30-19)21-4-7-22(8-5-21)28(17-20-3-6-24(28)16-20)23-9-11-25(12-10-23)32-18-27-29-14-15-33-27/h2,4-5,7-15,20,24H,3,6,16-18H2,1H3. The summed E-state index contributed by atoms with van der Waals surface area (Å²) in [5.41, 5.74) is 5.92. The molecule has 2 saturated carbocycles. The second kappa shape index (κ2) is 8.38. The molecule has 2 heterocycles. The van der Waals surface area contributed by atoms with Crippen LogP contribution in [0.5, 0.6) is 5.75 Å². The molecule has 3 atom stereocenters. The lowest BCUT2D eigenvalue weighted by Crippen LogP contribution is -2.34. The average molecular weight is 454 g/mol. The van der Waals surface area contributed by atoms with E-state index in [1.807, 2.05) is 24.6 Å². The molecule has 4 aromatic rings. The largest absolute Gasteiger partial charge is 0.486 e. The Morgan fingerprint density at radius 1 is 0.939 bits per heavy atom. The van der Waals surface area contributed by atoms with Crippen LogP contribution in [0.2, 0.25) is 0 Å². The van der Waals surface area contributed by atoms with Gasteiger partial charge in [-0.25, -0.2) is 4.98 Å². The molecule has 0 N–H and O–H groups in total. The average Bonchev–Trinajstić information content (AvgIpc) is 3.62. The molecule has 2 fully saturated rings. The first-order chi connectivity index (χ1) is 16.2. The fourth-order valence-electron chi connectivity index (χ4n) is 6.01. The van der Waals surface area contributed by atoms with Gasteiger partial charge in [0.1, 0.15) is 17.4 Å². The molecule has 2 aromatic carbocycles. The van der Waals surface area contributed by atoms with E-state index < -0.39 is 0 Å². The van der Waals surface area contributed by atoms with Gasteiger partial charge in [0.2, 0.25) is 0 Å². The Kier molecular flexibility index (Phi) is 5.22. The first kappa shape index (κ1) is 20.5. The number of aryl methyl sites for hydroxylation is 1. The lowest BCUT2D eigenvalue weighted by molar-refractivity contribution is 0.303. The minimum absolute atomic E-state index is 0.0915. The number of benzene rings is 2. The molecule has 0 radical (unpaired) electrons. The van der Waals surface area contributed by atoms with Crippen molar-refractivity contribution < 1.29 is 4.74 Å². The van der Waals surface area contributed by atoms with Gasteiger partial charge in [0.25, 0.3) is 0 Å². The highest BCUT2D eigenvalue weighted by Gasteiger charge is 2.52. The van der Waals surface area contributed by atoms with Crippen LogP contribution in [0.1, 0.15) is 47.5 Å². The molecule has 2 bridgehead atoms. The van der Waals surface area contributed by atoms with Crippen molar-refractivity contribution in [3.63, 3.8) is 0 Å². The molecule has 2 aromatic heterocycles. The van der Waals surface area contributed by atoms with Crippen molar-refractivity contribution in [3.8, 4) is 17.0 Å². The third-order valence-corrected chi connectivity index (χ3v) is 8.31. The number of rotatable bonds is 6. The highest BCUT2D eigenvalue weighted by atomic mass is 32.1. The van der Waals surface area contributed by atoms with Crippen molar-refractivity contribution in [2.75, 3.05) is 0 Å². The number of aromatic nitrogens is 3. The summed E-state index contributed by atoms with van der Waals surface area (Å²) in [6.45, 7) is 2.49. The van der Waals surface area contributed by atoms with Crippen LogP contribution < -0.4 is 4.74 Å². The molecule has 6 rings (SSSR count). The molecule has 4 nitrogen and oxygen atoms in total. The maximum Gasteiger partial charge on any atom is 0.140 e. The zero-order valence-corrected chi connectivity index (χ0v) is 19.6. The fourth-order valence-corrected chi connectivity index (χ4v) is 6.54. The molecule has 0 amide bonds. The number of thiazole rings is 1. The van der Waals surface area contributed by atoms with Crippen molar-refractivity contribution >= 4 is 11.3 Å². The number of fused-ring (bicyclic) bond motifs is 2. The number of hydrogen-bond acceptors (Lipinski definition) is 5. The Morgan fingerprint density at radius 3 is 2.33 bits per heavy atom. The molecule has 33 heavy (non-hydrogen) atoms. The topological polar surface area (TPSA) is 47.9 Å². The number of hydrogen-bond donors (Lipinski definition) is 0. The third-order valence-electron chi connectivity index (χ3n) is 7.56. The summed E-state index contributed by atoms with van der Waals surface area (Å²) >= 11 is 1.63. The van der Waals surface area contributed by atoms with Gasteiger partial charge >= 0.3 is 0 Å². The van der Waals surface area contributed by atoms with Gasteiger partial charge in [0.15, 0.2) is 0 Å². The molecule has 0 saturated heterocycles. The van der Waals surface area contributed by atoms with E-state index in [2.05, 4.69) is 69.8 Å². The smallest absolute Gasteiger partial charge is 0.140 e. The molecule has 0 aliphatic heterocycles. The normalized spacial score (nSPS) is 23.7. The quantitative estimate of drug-likeness (QED) is 0.330. The van der Waals surface area contributed by atoms with Gasteiger partial charge in [0.05, 0.1) is 11.4 Å². The molecule has 0 spiro atoms. The zero-order chi connectivity index (χ0) is 22.3. The van der Waals surface area contributed by atoms with E-state index in [4.69, 9.17) is 4.74 Å². The summed E-state index contributed by atoms with van der Waals surface area (Å²) in [7, 11) is 0. The van der Waals surface area contributed by atoms with Crippen LogP contribution >= 0.6 is 11.3 Å². The van der Waals surface area contributed by atoms with Gasteiger partial charge in [-0.05, 0) is 73.4 Å². The molecule has 166 valence electrons. The Bertz CT molecular complexity index is 1220. The van der Waals surface area contributed by atoms with Crippen molar-refractivity contribution in [2.45, 2.75) is 44.6 Å². The fraction of sp³-hybridized carbons (Fsp3) is 0.321. The van der Waals surface area contributed by atoms with E-state index in [1.165, 1.54) is 36.8 Å². The third kappa shape index (κ3) is 3.74. The van der Waals surface area contributed by atoms with Crippen LogP contribution in [-0.4, -0.2) is 15.2 Å². The van der Waals surface area contributed by atoms with Gasteiger partial charge < -0.3 is 4.74 Å². The summed E-state index contributed by atoms with van der Waals surface area (Å²) in [5, 5.41) is 11.6. The highest BCUT2D eigenvalue weighted by molar-refractivity contribution is 7.09. The summed E-state index contributed by atoms with van der Waals surface area (Å²) < 4.78 is 5.98. The van der Waals surface area contributed by atoms with Crippen molar-refractivity contribution in [2.24, 2.45) is 11.8 Å². The minimum atomic E-state index is 0.0915. The van der Waals surface area contributed by atoms with Gasteiger partial charge in [-0.3, -0.25) is 0 Å². The Hall–Kier alpha value is -3.05. The van der Waals surface area contributed by atoms with E-state index in [-0.39, 0.29) is 5.41 Å². The van der Waals surface area contributed by atoms with E-state index in [0.717, 1.165) is 33.6 Å². The van der Waals surface area contributed by atoms with Crippen LogP contribution in [-0.2, 0) is 12.0 Å². The SMILES string of the molecule is Cc1ccc(-c2ccc(C3(c4ccc(OCc5nccs5)cc4)CC4CCC3C4)cc2)nn1. The van der Waals surface area contributed by atoms with Crippen LogP contribution in [0.25, 0.3) is 11.3 Å². The van der Waals surface area contributed by atoms with E-state index in [0.29, 0.717) is 12.5 Å². The lowest BCUT2D eigenvalue weighted by atomic mass is 9.64. The van der Waals surface area contributed by atoms with E-state index >= 15 is 0 Å². The van der Waals surface area contributed by atoms with Crippen LogP contribution in [0.15, 0.2) is 72.2 Å². The first-order valence-electron chi connectivity index (χ1n) is 11.7. The Balaban J connectivity index is 1.30. The molecular formula is C28H27N3OS. The lowest BCUT2D eigenvalue weighted by Gasteiger charge is -2.39. The van der Waals surface area contributed by atoms with Crippen LogP contribution in [0.4, 0.5) is 0 Å². The molecule has 2 aliphatic rings. The summed E-state index contributed by atoms with van der Waals surface area (Å²) in [5.74, 6) is 2.44. The predicted molar refractivity (Wildman–Crippen MR) is 131 cm³/mol. The summed E-state index contributed by atoms with van der Waals surface area (Å²) in [6, 6.07) is 22.0. The van der Waals surface area contributed by atoms with Gasteiger partial charge in [-0.15, -0.1) is 11.3 Å². The molecule has 5 heteroatoms. The first-order valence-corrected chi connectivity index (χ1v) is 12.6.